The number of hydrogen-bond donors (Lipinski definition) is 1. The highest BCUT2D eigenvalue weighted by atomic mass is 16.5. The number of para-hydroxylation sites is 1. The van der Waals surface area contributed by atoms with Crippen molar-refractivity contribution in [3.63, 3.8) is 0 Å². The van der Waals surface area contributed by atoms with E-state index in [-0.39, 0.29) is 5.91 Å². The highest BCUT2D eigenvalue weighted by Gasteiger charge is 2.19. The van der Waals surface area contributed by atoms with Crippen LogP contribution in [-0.4, -0.2) is 12.0 Å². The molecule has 3 aromatic rings. The summed E-state index contributed by atoms with van der Waals surface area (Å²) in [6, 6.07) is 23.3. The molecule has 1 atom stereocenters. The topological polar surface area (TPSA) is 38.3 Å². The Morgan fingerprint density at radius 2 is 1.65 bits per heavy atom. The number of fused-ring (bicyclic) bond motifs is 1. The van der Waals surface area contributed by atoms with Crippen LogP contribution in [0.5, 0.6) is 5.75 Å². The smallest absolute Gasteiger partial charge is 0.265 e. The highest BCUT2D eigenvalue weighted by Crippen LogP contribution is 2.26. The first kappa shape index (κ1) is 15.1. The molecule has 0 heterocycles. The number of carbonyl (C=O) groups is 1. The van der Waals surface area contributed by atoms with Gasteiger partial charge in [0.1, 0.15) is 5.75 Å². The zero-order valence-corrected chi connectivity index (χ0v) is 13.0. The summed E-state index contributed by atoms with van der Waals surface area (Å²) in [5.41, 5.74) is 0.775. The SMILES string of the molecule is CCC(Oc1cccc2ccccc12)C(=O)Nc1ccccc1. The van der Waals surface area contributed by atoms with Crippen molar-refractivity contribution in [2.24, 2.45) is 0 Å². The van der Waals surface area contributed by atoms with Gasteiger partial charge in [-0.3, -0.25) is 4.79 Å². The van der Waals surface area contributed by atoms with E-state index in [4.69, 9.17) is 4.74 Å². The molecule has 0 saturated carbocycles. The van der Waals surface area contributed by atoms with Gasteiger partial charge < -0.3 is 10.1 Å². The Balaban J connectivity index is 1.80. The molecule has 1 amide bonds. The Morgan fingerprint density at radius 1 is 0.957 bits per heavy atom. The third-order valence-corrected chi connectivity index (χ3v) is 3.72. The quantitative estimate of drug-likeness (QED) is 0.746. The van der Waals surface area contributed by atoms with E-state index < -0.39 is 6.10 Å². The van der Waals surface area contributed by atoms with E-state index in [0.29, 0.717) is 6.42 Å². The van der Waals surface area contributed by atoms with Crippen LogP contribution in [0.2, 0.25) is 0 Å². The van der Waals surface area contributed by atoms with E-state index in [1.165, 1.54) is 0 Å². The molecule has 116 valence electrons. The first-order chi connectivity index (χ1) is 11.3. The number of benzene rings is 3. The van der Waals surface area contributed by atoms with Crippen molar-refractivity contribution in [2.75, 3.05) is 5.32 Å². The zero-order valence-electron chi connectivity index (χ0n) is 13.0. The molecule has 0 radical (unpaired) electrons. The number of nitrogens with one attached hydrogen (secondary N) is 1. The minimum atomic E-state index is -0.527. The summed E-state index contributed by atoms with van der Waals surface area (Å²) < 4.78 is 6.00. The lowest BCUT2D eigenvalue weighted by Crippen LogP contribution is -2.32. The third-order valence-electron chi connectivity index (χ3n) is 3.72. The second-order valence-electron chi connectivity index (χ2n) is 5.35. The maximum Gasteiger partial charge on any atom is 0.265 e. The lowest BCUT2D eigenvalue weighted by atomic mass is 10.1. The van der Waals surface area contributed by atoms with Crippen molar-refractivity contribution in [3.8, 4) is 5.75 Å². The van der Waals surface area contributed by atoms with Crippen molar-refractivity contribution in [2.45, 2.75) is 19.4 Å². The van der Waals surface area contributed by atoms with Crippen molar-refractivity contribution < 1.29 is 9.53 Å². The second-order valence-corrected chi connectivity index (χ2v) is 5.35. The molecule has 1 unspecified atom stereocenters. The predicted molar refractivity (Wildman–Crippen MR) is 93.7 cm³/mol. The second kappa shape index (κ2) is 6.97. The van der Waals surface area contributed by atoms with Gasteiger partial charge in [0.15, 0.2) is 6.10 Å². The first-order valence-electron chi connectivity index (χ1n) is 7.78. The molecular weight excluding hydrogens is 286 g/mol. The zero-order chi connectivity index (χ0) is 16.1. The maximum absolute atomic E-state index is 12.4. The minimum absolute atomic E-state index is 0.133. The summed E-state index contributed by atoms with van der Waals surface area (Å²) in [6.07, 6.45) is 0.0723. The van der Waals surface area contributed by atoms with E-state index >= 15 is 0 Å². The fraction of sp³-hybridized carbons (Fsp3) is 0.150. The predicted octanol–water partition coefficient (Wildman–Crippen LogP) is 4.64. The van der Waals surface area contributed by atoms with Crippen LogP contribution >= 0.6 is 0 Å². The highest BCUT2D eigenvalue weighted by molar-refractivity contribution is 5.95. The molecule has 3 aromatic carbocycles. The van der Waals surface area contributed by atoms with Crippen LogP contribution in [0.1, 0.15) is 13.3 Å². The Hall–Kier alpha value is -2.81. The van der Waals surface area contributed by atoms with Crippen molar-refractivity contribution in [1.29, 1.82) is 0 Å². The fourth-order valence-electron chi connectivity index (χ4n) is 2.52. The summed E-state index contributed by atoms with van der Waals surface area (Å²) >= 11 is 0. The van der Waals surface area contributed by atoms with Gasteiger partial charge in [0.05, 0.1) is 0 Å². The van der Waals surface area contributed by atoms with Crippen molar-refractivity contribution >= 4 is 22.4 Å². The monoisotopic (exact) mass is 305 g/mol. The summed E-state index contributed by atoms with van der Waals surface area (Å²) in [5.74, 6) is 0.602. The van der Waals surface area contributed by atoms with Gasteiger partial charge >= 0.3 is 0 Å². The Kier molecular flexibility index (Phi) is 4.57. The largest absolute Gasteiger partial charge is 0.480 e. The van der Waals surface area contributed by atoms with Gasteiger partial charge in [0, 0.05) is 11.1 Å². The number of anilines is 1. The average molecular weight is 305 g/mol. The molecule has 1 N–H and O–H groups in total. The van der Waals surface area contributed by atoms with Crippen LogP contribution in [0.3, 0.4) is 0 Å². The lowest BCUT2D eigenvalue weighted by molar-refractivity contribution is -0.122. The fourth-order valence-corrected chi connectivity index (χ4v) is 2.52. The molecule has 0 fully saturated rings. The van der Waals surface area contributed by atoms with E-state index in [1.54, 1.807) is 0 Å². The standard InChI is InChI=1S/C20H19NO2/c1-2-18(20(22)21-16-11-4-3-5-12-16)23-19-14-8-10-15-9-6-7-13-17(15)19/h3-14,18H,2H2,1H3,(H,21,22). The molecule has 3 nitrogen and oxygen atoms in total. The number of amides is 1. The number of hydrogen-bond acceptors (Lipinski definition) is 2. The van der Waals surface area contributed by atoms with Crippen molar-refractivity contribution in [3.05, 3.63) is 72.8 Å². The molecule has 0 spiro atoms. The van der Waals surface area contributed by atoms with Crippen LogP contribution in [-0.2, 0) is 4.79 Å². The molecular formula is C20H19NO2. The van der Waals surface area contributed by atoms with Gasteiger partial charge in [-0.05, 0) is 30.0 Å². The number of carbonyl (C=O) groups excluding carboxylic acids is 1. The molecule has 3 rings (SSSR count). The number of rotatable bonds is 5. The van der Waals surface area contributed by atoms with Gasteiger partial charge in [0.2, 0.25) is 0 Å². The number of ether oxygens (including phenoxy) is 1. The third kappa shape index (κ3) is 3.51. The summed E-state index contributed by atoms with van der Waals surface area (Å²) in [6.45, 7) is 1.94. The van der Waals surface area contributed by atoms with Gasteiger partial charge in [-0.2, -0.15) is 0 Å². The van der Waals surface area contributed by atoms with Gasteiger partial charge in [0.25, 0.3) is 5.91 Å². The molecule has 0 aliphatic heterocycles. The van der Waals surface area contributed by atoms with Crippen LogP contribution in [0.4, 0.5) is 5.69 Å². The Bertz CT molecular complexity index is 794. The van der Waals surface area contributed by atoms with E-state index in [1.807, 2.05) is 79.7 Å². The maximum atomic E-state index is 12.4. The Labute approximate surface area is 135 Å². The summed E-state index contributed by atoms with van der Waals surface area (Å²) in [5, 5.41) is 5.01. The minimum Gasteiger partial charge on any atom is -0.480 e. The van der Waals surface area contributed by atoms with Gasteiger partial charge in [-0.1, -0.05) is 61.5 Å². The lowest BCUT2D eigenvalue weighted by Gasteiger charge is -2.18. The molecule has 0 aliphatic carbocycles. The molecule has 0 bridgehead atoms. The van der Waals surface area contributed by atoms with Crippen LogP contribution in [0.25, 0.3) is 10.8 Å². The van der Waals surface area contributed by atoms with Gasteiger partial charge in [-0.25, -0.2) is 0 Å². The van der Waals surface area contributed by atoms with E-state index in [2.05, 4.69) is 5.32 Å². The first-order valence-corrected chi connectivity index (χ1v) is 7.78. The normalized spacial score (nSPS) is 11.9. The summed E-state index contributed by atoms with van der Waals surface area (Å²) in [7, 11) is 0. The van der Waals surface area contributed by atoms with Crippen LogP contribution in [0, 0.1) is 0 Å². The molecule has 23 heavy (non-hydrogen) atoms. The van der Waals surface area contributed by atoms with E-state index in [0.717, 1.165) is 22.2 Å². The summed E-state index contributed by atoms with van der Waals surface area (Å²) in [4.78, 5) is 12.4. The molecule has 3 heteroatoms. The Morgan fingerprint density at radius 3 is 2.43 bits per heavy atom. The molecule has 0 aromatic heterocycles. The molecule has 0 saturated heterocycles. The van der Waals surface area contributed by atoms with Gasteiger partial charge in [-0.15, -0.1) is 0 Å². The molecule has 0 aliphatic rings. The average Bonchev–Trinajstić information content (AvgIpc) is 2.60. The van der Waals surface area contributed by atoms with Crippen molar-refractivity contribution in [1.82, 2.24) is 0 Å². The van der Waals surface area contributed by atoms with Crippen LogP contribution < -0.4 is 10.1 Å². The van der Waals surface area contributed by atoms with E-state index in [9.17, 15) is 4.79 Å². The van der Waals surface area contributed by atoms with Crippen LogP contribution in [0.15, 0.2) is 72.8 Å².